The second-order valence-corrected chi connectivity index (χ2v) is 3.04. The molecule has 5 heteroatoms. The van der Waals surface area contributed by atoms with Gasteiger partial charge in [-0.1, -0.05) is 11.6 Å². The number of aromatic nitrogens is 1. The lowest BCUT2D eigenvalue weighted by atomic mass is 10.3. The minimum atomic E-state index is 0.436. The third-order valence-electron chi connectivity index (χ3n) is 1.60. The highest BCUT2D eigenvalue weighted by Crippen LogP contribution is 2.18. The molecule has 0 bridgehead atoms. The predicted octanol–water partition coefficient (Wildman–Crippen LogP) is 1.61. The molecule has 0 atom stereocenters. The SMILES string of the molecule is COCCNc1ncc(C=O)cc1Cl. The molecule has 0 aliphatic carbocycles. The van der Waals surface area contributed by atoms with Crippen LogP contribution >= 0.6 is 11.6 Å². The zero-order valence-corrected chi connectivity index (χ0v) is 8.54. The summed E-state index contributed by atoms with van der Waals surface area (Å²) >= 11 is 5.86. The Kier molecular flexibility index (Phi) is 4.35. The molecule has 0 radical (unpaired) electrons. The molecule has 1 rings (SSSR count). The number of nitrogens with zero attached hydrogens (tertiary/aromatic N) is 1. The fourth-order valence-corrected chi connectivity index (χ4v) is 1.16. The van der Waals surface area contributed by atoms with Crippen molar-refractivity contribution in [2.75, 3.05) is 25.6 Å². The van der Waals surface area contributed by atoms with E-state index in [1.54, 1.807) is 13.2 Å². The van der Waals surface area contributed by atoms with E-state index in [4.69, 9.17) is 16.3 Å². The van der Waals surface area contributed by atoms with Crippen LogP contribution in [0.5, 0.6) is 0 Å². The van der Waals surface area contributed by atoms with Gasteiger partial charge in [0.05, 0.1) is 11.6 Å². The Morgan fingerprint density at radius 3 is 3.07 bits per heavy atom. The first kappa shape index (κ1) is 10.9. The van der Waals surface area contributed by atoms with Gasteiger partial charge in [-0.15, -0.1) is 0 Å². The molecule has 1 aromatic rings. The van der Waals surface area contributed by atoms with E-state index in [2.05, 4.69) is 10.3 Å². The monoisotopic (exact) mass is 214 g/mol. The van der Waals surface area contributed by atoms with Crippen LogP contribution in [0.25, 0.3) is 0 Å². The molecule has 0 aliphatic rings. The van der Waals surface area contributed by atoms with Gasteiger partial charge in [0.25, 0.3) is 0 Å². The summed E-state index contributed by atoms with van der Waals surface area (Å²) in [6.07, 6.45) is 2.17. The Morgan fingerprint density at radius 2 is 2.50 bits per heavy atom. The van der Waals surface area contributed by atoms with Gasteiger partial charge >= 0.3 is 0 Å². The van der Waals surface area contributed by atoms with Crippen LogP contribution in [0, 0.1) is 0 Å². The summed E-state index contributed by atoms with van der Waals surface area (Å²) in [5.41, 5.74) is 0.465. The number of ether oxygens (including phenoxy) is 1. The Balaban J connectivity index is 2.64. The van der Waals surface area contributed by atoms with Crippen molar-refractivity contribution < 1.29 is 9.53 Å². The lowest BCUT2D eigenvalue weighted by Crippen LogP contribution is -2.09. The van der Waals surface area contributed by atoms with Gasteiger partial charge < -0.3 is 10.1 Å². The van der Waals surface area contributed by atoms with Crippen molar-refractivity contribution in [3.05, 3.63) is 22.8 Å². The summed E-state index contributed by atoms with van der Waals surface area (Å²) in [5, 5.41) is 3.42. The Hall–Kier alpha value is -1.13. The minimum Gasteiger partial charge on any atom is -0.383 e. The molecule has 0 fully saturated rings. The minimum absolute atomic E-state index is 0.436. The number of pyridine rings is 1. The molecular formula is C9H11ClN2O2. The van der Waals surface area contributed by atoms with Crippen LogP contribution in [-0.2, 0) is 4.74 Å². The van der Waals surface area contributed by atoms with E-state index in [0.717, 1.165) is 0 Å². The van der Waals surface area contributed by atoms with Crippen molar-refractivity contribution in [1.29, 1.82) is 0 Å². The lowest BCUT2D eigenvalue weighted by Gasteiger charge is -2.06. The van der Waals surface area contributed by atoms with Gasteiger partial charge in [-0.3, -0.25) is 4.79 Å². The van der Waals surface area contributed by atoms with Gasteiger partial charge in [0.1, 0.15) is 5.82 Å². The molecule has 76 valence electrons. The van der Waals surface area contributed by atoms with Crippen molar-refractivity contribution in [3.8, 4) is 0 Å². The van der Waals surface area contributed by atoms with Crippen molar-refractivity contribution in [1.82, 2.24) is 4.98 Å². The molecule has 0 unspecified atom stereocenters. The average molecular weight is 215 g/mol. The van der Waals surface area contributed by atoms with E-state index in [9.17, 15) is 4.79 Å². The third kappa shape index (κ3) is 2.97. The van der Waals surface area contributed by atoms with E-state index in [1.807, 2.05) is 0 Å². The number of halogens is 1. The van der Waals surface area contributed by atoms with E-state index in [-0.39, 0.29) is 0 Å². The maximum Gasteiger partial charge on any atom is 0.151 e. The topological polar surface area (TPSA) is 51.2 Å². The molecular weight excluding hydrogens is 204 g/mol. The van der Waals surface area contributed by atoms with Crippen LogP contribution < -0.4 is 5.32 Å². The number of carbonyl (C=O) groups excluding carboxylic acids is 1. The van der Waals surface area contributed by atoms with Gasteiger partial charge in [-0.05, 0) is 6.07 Å². The number of methoxy groups -OCH3 is 1. The molecule has 4 nitrogen and oxygen atoms in total. The zero-order chi connectivity index (χ0) is 10.4. The molecule has 0 saturated heterocycles. The number of nitrogens with one attached hydrogen (secondary N) is 1. The maximum atomic E-state index is 10.4. The van der Waals surface area contributed by atoms with Gasteiger partial charge in [0.15, 0.2) is 6.29 Å². The quantitative estimate of drug-likeness (QED) is 0.598. The predicted molar refractivity (Wildman–Crippen MR) is 55.0 cm³/mol. The first-order valence-corrected chi connectivity index (χ1v) is 4.49. The summed E-state index contributed by atoms with van der Waals surface area (Å²) in [7, 11) is 1.62. The normalized spacial score (nSPS) is 9.86. The summed E-state index contributed by atoms with van der Waals surface area (Å²) in [4.78, 5) is 14.4. The second kappa shape index (κ2) is 5.57. The fraction of sp³-hybridized carbons (Fsp3) is 0.333. The summed E-state index contributed by atoms with van der Waals surface area (Å²) in [6.45, 7) is 1.21. The van der Waals surface area contributed by atoms with Gasteiger partial charge in [-0.25, -0.2) is 4.98 Å². The highest BCUT2D eigenvalue weighted by molar-refractivity contribution is 6.33. The number of rotatable bonds is 5. The summed E-state index contributed by atoms with van der Waals surface area (Å²) in [6, 6.07) is 1.57. The van der Waals surface area contributed by atoms with Crippen molar-refractivity contribution in [3.63, 3.8) is 0 Å². The first-order chi connectivity index (χ1) is 6.77. The van der Waals surface area contributed by atoms with Crippen molar-refractivity contribution in [2.24, 2.45) is 0 Å². The second-order valence-electron chi connectivity index (χ2n) is 2.64. The molecule has 0 amide bonds. The Morgan fingerprint density at radius 1 is 1.71 bits per heavy atom. The van der Waals surface area contributed by atoms with Gasteiger partial charge in [0.2, 0.25) is 0 Å². The number of hydrogen-bond acceptors (Lipinski definition) is 4. The van der Waals surface area contributed by atoms with Crippen LogP contribution in [0.2, 0.25) is 5.02 Å². The molecule has 1 aromatic heterocycles. The van der Waals surface area contributed by atoms with E-state index in [0.29, 0.717) is 35.8 Å². The van der Waals surface area contributed by atoms with Crippen LogP contribution in [0.4, 0.5) is 5.82 Å². The number of hydrogen-bond donors (Lipinski definition) is 1. The van der Waals surface area contributed by atoms with E-state index >= 15 is 0 Å². The van der Waals surface area contributed by atoms with E-state index < -0.39 is 0 Å². The number of anilines is 1. The summed E-state index contributed by atoms with van der Waals surface area (Å²) < 4.78 is 4.86. The number of aldehydes is 1. The molecule has 1 heterocycles. The third-order valence-corrected chi connectivity index (χ3v) is 1.89. The highest BCUT2D eigenvalue weighted by Gasteiger charge is 2.01. The standard InChI is InChI=1S/C9H11ClN2O2/c1-14-3-2-11-9-8(10)4-7(6-13)5-12-9/h4-6H,2-3H2,1H3,(H,11,12). The largest absolute Gasteiger partial charge is 0.383 e. The average Bonchev–Trinajstić information content (AvgIpc) is 2.20. The molecule has 14 heavy (non-hydrogen) atoms. The summed E-state index contributed by atoms with van der Waals surface area (Å²) in [5.74, 6) is 0.564. The smallest absolute Gasteiger partial charge is 0.151 e. The zero-order valence-electron chi connectivity index (χ0n) is 7.79. The Bertz CT molecular complexity index is 318. The molecule has 0 aromatic carbocycles. The fourth-order valence-electron chi connectivity index (χ4n) is 0.919. The molecule has 1 N–H and O–H groups in total. The lowest BCUT2D eigenvalue weighted by molar-refractivity contribution is 0.112. The highest BCUT2D eigenvalue weighted by atomic mass is 35.5. The Labute approximate surface area is 87.2 Å². The molecule has 0 saturated carbocycles. The van der Waals surface area contributed by atoms with Crippen molar-refractivity contribution in [2.45, 2.75) is 0 Å². The van der Waals surface area contributed by atoms with E-state index in [1.165, 1.54) is 6.20 Å². The molecule has 0 aliphatic heterocycles. The first-order valence-electron chi connectivity index (χ1n) is 4.11. The number of carbonyl (C=O) groups is 1. The van der Waals surface area contributed by atoms with Crippen LogP contribution in [0.3, 0.4) is 0 Å². The maximum absolute atomic E-state index is 10.4. The van der Waals surface area contributed by atoms with Crippen molar-refractivity contribution >= 4 is 23.7 Å². The van der Waals surface area contributed by atoms with Gasteiger partial charge in [-0.2, -0.15) is 0 Å². The molecule has 0 spiro atoms. The van der Waals surface area contributed by atoms with Crippen LogP contribution in [0.15, 0.2) is 12.3 Å². The van der Waals surface area contributed by atoms with Crippen LogP contribution in [-0.4, -0.2) is 31.5 Å². The van der Waals surface area contributed by atoms with Gasteiger partial charge in [0, 0.05) is 25.4 Å². The van der Waals surface area contributed by atoms with Crippen LogP contribution in [0.1, 0.15) is 10.4 Å².